The van der Waals surface area contributed by atoms with Crippen molar-refractivity contribution in [2.75, 3.05) is 26.7 Å². The fourth-order valence-corrected chi connectivity index (χ4v) is 5.43. The molecular weight excluding hydrogens is 490 g/mol. The molecule has 0 bridgehead atoms. The second-order valence-electron chi connectivity index (χ2n) is 10.9. The van der Waals surface area contributed by atoms with Gasteiger partial charge in [-0.2, -0.15) is 0 Å². The molecule has 2 unspecified atom stereocenters. The highest BCUT2D eigenvalue weighted by molar-refractivity contribution is 5.83. The first-order valence-corrected chi connectivity index (χ1v) is 14.6. The average molecular weight is 532 g/mol. The zero-order chi connectivity index (χ0) is 27.6. The van der Waals surface area contributed by atoms with E-state index in [2.05, 4.69) is 119 Å². The van der Waals surface area contributed by atoms with Gasteiger partial charge in [0.15, 0.2) is 0 Å². The number of nitrogens with one attached hydrogen (secondary N) is 2. The maximum atomic E-state index is 13.5. The Morgan fingerprint density at radius 3 is 2.02 bits per heavy atom. The van der Waals surface area contributed by atoms with Crippen molar-refractivity contribution in [1.82, 2.24) is 15.5 Å². The Balaban J connectivity index is 1.15. The van der Waals surface area contributed by atoms with Gasteiger partial charge in [0, 0.05) is 25.6 Å². The summed E-state index contributed by atoms with van der Waals surface area (Å²) in [6.45, 7) is 4.19. The van der Waals surface area contributed by atoms with Crippen molar-refractivity contribution in [3.63, 3.8) is 0 Å². The van der Waals surface area contributed by atoms with Crippen LogP contribution in [0.4, 0.5) is 0 Å². The Hall–Kier alpha value is -3.73. The summed E-state index contributed by atoms with van der Waals surface area (Å²) in [5.74, 6) is 0.773. The Labute approximate surface area is 239 Å². The summed E-state index contributed by atoms with van der Waals surface area (Å²) in [4.78, 5) is 15.5. The van der Waals surface area contributed by atoms with Crippen molar-refractivity contribution in [3.05, 3.63) is 131 Å². The number of nitrogens with zero attached hydrogens (tertiary/aromatic N) is 1. The SMILES string of the molecule is CNCCCN(Cc1ccc(-c2ccc(CNCCc3ccccc3)cc2)cc1)C(=O)C1CC1c1ccccc1. The highest BCUT2D eigenvalue weighted by Crippen LogP contribution is 2.48. The van der Waals surface area contributed by atoms with E-state index in [1.165, 1.54) is 33.4 Å². The molecule has 1 aliphatic rings. The van der Waals surface area contributed by atoms with Gasteiger partial charge < -0.3 is 15.5 Å². The summed E-state index contributed by atoms with van der Waals surface area (Å²) in [6, 6.07) is 38.6. The van der Waals surface area contributed by atoms with Crippen LogP contribution in [0.3, 0.4) is 0 Å². The van der Waals surface area contributed by atoms with Gasteiger partial charge in [0.2, 0.25) is 5.91 Å². The fraction of sp³-hybridized carbons (Fsp3) is 0.306. The first-order valence-electron chi connectivity index (χ1n) is 14.6. The lowest BCUT2D eigenvalue weighted by Crippen LogP contribution is -2.34. The third-order valence-electron chi connectivity index (χ3n) is 7.88. The number of rotatable bonds is 14. The second-order valence-corrected chi connectivity index (χ2v) is 10.9. The van der Waals surface area contributed by atoms with Gasteiger partial charge in [0.25, 0.3) is 0 Å². The topological polar surface area (TPSA) is 44.4 Å². The number of benzene rings is 4. The predicted octanol–water partition coefficient (Wildman–Crippen LogP) is 6.43. The Morgan fingerprint density at radius 2 is 1.38 bits per heavy atom. The molecule has 0 aromatic heterocycles. The molecule has 1 amide bonds. The molecule has 4 aromatic carbocycles. The summed E-state index contributed by atoms with van der Waals surface area (Å²) in [7, 11) is 1.96. The normalized spacial score (nSPS) is 16.0. The lowest BCUT2D eigenvalue weighted by Gasteiger charge is -2.23. The molecule has 0 radical (unpaired) electrons. The summed E-state index contributed by atoms with van der Waals surface area (Å²) in [6.07, 6.45) is 2.96. The number of carbonyl (C=O) groups is 1. The number of amides is 1. The van der Waals surface area contributed by atoms with E-state index in [0.29, 0.717) is 18.4 Å². The maximum absolute atomic E-state index is 13.5. The molecule has 1 fully saturated rings. The van der Waals surface area contributed by atoms with Crippen LogP contribution in [0, 0.1) is 5.92 Å². The minimum atomic E-state index is 0.114. The quantitative estimate of drug-likeness (QED) is 0.184. The summed E-state index contributed by atoms with van der Waals surface area (Å²) >= 11 is 0. The molecule has 0 aliphatic heterocycles. The van der Waals surface area contributed by atoms with Crippen LogP contribution in [-0.4, -0.2) is 37.5 Å². The average Bonchev–Trinajstić information content (AvgIpc) is 3.82. The maximum Gasteiger partial charge on any atom is 0.226 e. The van der Waals surface area contributed by atoms with Gasteiger partial charge in [-0.05, 0) is 78.7 Å². The van der Waals surface area contributed by atoms with Gasteiger partial charge in [-0.1, -0.05) is 109 Å². The van der Waals surface area contributed by atoms with E-state index in [1.807, 2.05) is 13.1 Å². The molecule has 206 valence electrons. The van der Waals surface area contributed by atoms with Crippen LogP contribution in [0.15, 0.2) is 109 Å². The standard InChI is InChI=1S/C36H41N3O/c1-37-22-8-24-39(36(40)35-25-34(35)33-11-6-3-7-12-33)27-30-15-19-32(20-16-30)31-17-13-29(14-18-31)26-38-23-21-28-9-4-2-5-10-28/h2-7,9-20,34-35,37-38H,8,21-27H2,1H3. The van der Waals surface area contributed by atoms with E-state index >= 15 is 0 Å². The molecule has 4 aromatic rings. The lowest BCUT2D eigenvalue weighted by molar-refractivity contribution is -0.133. The Morgan fingerprint density at radius 1 is 0.750 bits per heavy atom. The van der Waals surface area contributed by atoms with Crippen LogP contribution in [0.1, 0.15) is 41.0 Å². The summed E-state index contributed by atoms with van der Waals surface area (Å²) in [5.41, 5.74) is 7.53. The van der Waals surface area contributed by atoms with Gasteiger partial charge in [0.1, 0.15) is 0 Å². The van der Waals surface area contributed by atoms with Gasteiger partial charge in [-0.25, -0.2) is 0 Å². The lowest BCUT2D eigenvalue weighted by atomic mass is 10.0. The number of hydrogen-bond donors (Lipinski definition) is 2. The molecule has 2 atom stereocenters. The van der Waals surface area contributed by atoms with Crippen molar-refractivity contribution in [2.45, 2.75) is 38.3 Å². The fourth-order valence-electron chi connectivity index (χ4n) is 5.43. The predicted molar refractivity (Wildman–Crippen MR) is 165 cm³/mol. The zero-order valence-corrected chi connectivity index (χ0v) is 23.6. The van der Waals surface area contributed by atoms with Crippen LogP contribution >= 0.6 is 0 Å². The number of hydrogen-bond acceptors (Lipinski definition) is 3. The van der Waals surface area contributed by atoms with E-state index < -0.39 is 0 Å². The monoisotopic (exact) mass is 531 g/mol. The van der Waals surface area contributed by atoms with Crippen molar-refractivity contribution < 1.29 is 4.79 Å². The van der Waals surface area contributed by atoms with E-state index in [4.69, 9.17) is 0 Å². The molecular formula is C36H41N3O. The molecule has 4 nitrogen and oxygen atoms in total. The van der Waals surface area contributed by atoms with Gasteiger partial charge in [-0.15, -0.1) is 0 Å². The molecule has 1 saturated carbocycles. The first kappa shape index (κ1) is 27.8. The minimum Gasteiger partial charge on any atom is -0.338 e. The van der Waals surface area contributed by atoms with Gasteiger partial charge in [0.05, 0.1) is 0 Å². The van der Waals surface area contributed by atoms with Crippen molar-refractivity contribution in [2.24, 2.45) is 5.92 Å². The van der Waals surface area contributed by atoms with Crippen LogP contribution < -0.4 is 10.6 Å². The minimum absolute atomic E-state index is 0.114. The number of carbonyl (C=O) groups excluding carboxylic acids is 1. The van der Waals surface area contributed by atoms with Gasteiger partial charge >= 0.3 is 0 Å². The molecule has 2 N–H and O–H groups in total. The van der Waals surface area contributed by atoms with E-state index in [1.54, 1.807) is 0 Å². The van der Waals surface area contributed by atoms with Crippen LogP contribution in [-0.2, 0) is 24.3 Å². The molecule has 0 spiro atoms. The van der Waals surface area contributed by atoms with Crippen molar-refractivity contribution in [1.29, 1.82) is 0 Å². The summed E-state index contributed by atoms with van der Waals surface area (Å²) in [5, 5.41) is 6.76. The highest BCUT2D eigenvalue weighted by Gasteiger charge is 2.45. The van der Waals surface area contributed by atoms with Crippen molar-refractivity contribution in [3.8, 4) is 11.1 Å². The third-order valence-corrected chi connectivity index (χ3v) is 7.88. The van der Waals surface area contributed by atoms with Crippen LogP contribution in [0.25, 0.3) is 11.1 Å². The second kappa shape index (κ2) is 14.1. The van der Waals surface area contributed by atoms with Crippen LogP contribution in [0.5, 0.6) is 0 Å². The van der Waals surface area contributed by atoms with Crippen LogP contribution in [0.2, 0.25) is 0 Å². The molecule has 5 rings (SSSR count). The van der Waals surface area contributed by atoms with Gasteiger partial charge in [-0.3, -0.25) is 4.79 Å². The van der Waals surface area contributed by atoms with Crippen molar-refractivity contribution >= 4 is 5.91 Å². The molecule has 0 saturated heterocycles. The summed E-state index contributed by atoms with van der Waals surface area (Å²) < 4.78 is 0. The Bertz CT molecular complexity index is 1320. The molecule has 1 aliphatic carbocycles. The van der Waals surface area contributed by atoms with E-state index in [9.17, 15) is 4.79 Å². The zero-order valence-electron chi connectivity index (χ0n) is 23.6. The Kier molecular flexibility index (Phi) is 9.78. The van der Waals surface area contributed by atoms with E-state index in [0.717, 1.165) is 45.4 Å². The largest absolute Gasteiger partial charge is 0.338 e. The third kappa shape index (κ3) is 7.68. The molecule has 4 heteroatoms. The highest BCUT2D eigenvalue weighted by atomic mass is 16.2. The first-order chi connectivity index (χ1) is 19.7. The smallest absolute Gasteiger partial charge is 0.226 e. The van der Waals surface area contributed by atoms with E-state index in [-0.39, 0.29) is 5.92 Å². The molecule has 0 heterocycles. The molecule has 40 heavy (non-hydrogen) atoms.